The molecule has 0 aromatic heterocycles. The van der Waals surface area contributed by atoms with Crippen LogP contribution >= 0.6 is 11.6 Å². The van der Waals surface area contributed by atoms with Gasteiger partial charge in [-0.1, -0.05) is 60.1 Å². The molecule has 25 heavy (non-hydrogen) atoms. The van der Waals surface area contributed by atoms with E-state index in [4.69, 9.17) is 11.6 Å². The van der Waals surface area contributed by atoms with Crippen LogP contribution in [0.2, 0.25) is 5.02 Å². The maximum Gasteiger partial charge on any atom is 0.262 e. The molecule has 1 atom stereocenters. The molecule has 3 aromatic carbocycles. The zero-order valence-corrected chi connectivity index (χ0v) is 14.5. The molecule has 0 aliphatic heterocycles. The van der Waals surface area contributed by atoms with E-state index >= 15 is 0 Å². The number of nitrogens with one attached hydrogen (secondary N) is 2. The molecule has 2 N–H and O–H groups in total. The van der Waals surface area contributed by atoms with Crippen molar-refractivity contribution in [1.82, 2.24) is 5.43 Å². The Kier molecular flexibility index (Phi) is 5.31. The van der Waals surface area contributed by atoms with Gasteiger partial charge in [-0.2, -0.15) is 5.10 Å². The minimum atomic E-state index is -0.426. The first-order chi connectivity index (χ1) is 12.1. The third kappa shape index (κ3) is 4.37. The van der Waals surface area contributed by atoms with E-state index in [9.17, 15) is 4.79 Å². The van der Waals surface area contributed by atoms with Crippen LogP contribution in [0.15, 0.2) is 71.8 Å². The fraction of sp³-hybridized carbons (Fsp3) is 0.100. The quantitative estimate of drug-likeness (QED) is 0.527. The van der Waals surface area contributed by atoms with Gasteiger partial charge < -0.3 is 5.32 Å². The summed E-state index contributed by atoms with van der Waals surface area (Å²) in [6, 6.07) is 21.0. The van der Waals surface area contributed by atoms with Gasteiger partial charge in [-0.3, -0.25) is 4.79 Å². The normalized spacial score (nSPS) is 12.2. The zero-order chi connectivity index (χ0) is 17.6. The summed E-state index contributed by atoms with van der Waals surface area (Å²) in [7, 11) is 0. The monoisotopic (exact) mass is 351 g/mol. The summed E-state index contributed by atoms with van der Waals surface area (Å²) in [6.45, 7) is 1.79. The first-order valence-electron chi connectivity index (χ1n) is 7.96. The van der Waals surface area contributed by atoms with E-state index in [-0.39, 0.29) is 5.91 Å². The maximum absolute atomic E-state index is 12.2. The third-order valence-electron chi connectivity index (χ3n) is 3.81. The predicted octanol–water partition coefficient (Wildman–Crippen LogP) is 4.44. The second-order valence-corrected chi connectivity index (χ2v) is 6.09. The highest BCUT2D eigenvalue weighted by molar-refractivity contribution is 6.33. The lowest BCUT2D eigenvalue weighted by atomic mass is 10.1. The molecule has 5 heteroatoms. The molecular formula is C20H18ClN3O. The van der Waals surface area contributed by atoms with E-state index in [0.29, 0.717) is 5.02 Å². The summed E-state index contributed by atoms with van der Waals surface area (Å²) in [6.07, 6.45) is 1.53. The Morgan fingerprint density at radius 2 is 1.76 bits per heavy atom. The van der Waals surface area contributed by atoms with Gasteiger partial charge in [-0.25, -0.2) is 5.43 Å². The minimum Gasteiger partial charge on any atom is -0.374 e. The molecular weight excluding hydrogens is 334 g/mol. The summed E-state index contributed by atoms with van der Waals surface area (Å²) in [5.41, 5.74) is 4.16. The predicted molar refractivity (Wildman–Crippen MR) is 104 cm³/mol. The Morgan fingerprint density at radius 1 is 1.04 bits per heavy atom. The highest BCUT2D eigenvalue weighted by Gasteiger charge is 2.11. The number of carbonyl (C=O) groups is 1. The van der Waals surface area contributed by atoms with Gasteiger partial charge in [0.1, 0.15) is 6.04 Å². The van der Waals surface area contributed by atoms with Gasteiger partial charge in [-0.15, -0.1) is 0 Å². The molecule has 0 radical (unpaired) electrons. The molecule has 3 rings (SSSR count). The van der Waals surface area contributed by atoms with Crippen molar-refractivity contribution >= 4 is 40.2 Å². The summed E-state index contributed by atoms with van der Waals surface area (Å²) < 4.78 is 0. The molecule has 0 aliphatic rings. The SMILES string of the molecule is CC(Nc1ccc2ccccc2c1)C(=O)N/N=C/c1ccccc1Cl. The molecule has 0 heterocycles. The van der Waals surface area contributed by atoms with Gasteiger partial charge in [0.05, 0.1) is 6.21 Å². The van der Waals surface area contributed by atoms with Crippen LogP contribution < -0.4 is 10.7 Å². The van der Waals surface area contributed by atoms with Crippen molar-refractivity contribution in [2.45, 2.75) is 13.0 Å². The van der Waals surface area contributed by atoms with Gasteiger partial charge in [-0.05, 0) is 35.9 Å². The van der Waals surface area contributed by atoms with Gasteiger partial charge in [0, 0.05) is 16.3 Å². The second-order valence-electron chi connectivity index (χ2n) is 5.68. The van der Waals surface area contributed by atoms with Gasteiger partial charge in [0.15, 0.2) is 0 Å². The molecule has 0 aliphatic carbocycles. The third-order valence-corrected chi connectivity index (χ3v) is 4.15. The first kappa shape index (κ1) is 17.0. The molecule has 0 spiro atoms. The number of hydrazone groups is 1. The number of hydrogen-bond acceptors (Lipinski definition) is 3. The van der Waals surface area contributed by atoms with E-state index in [0.717, 1.165) is 22.0 Å². The number of rotatable bonds is 5. The van der Waals surface area contributed by atoms with Crippen molar-refractivity contribution in [1.29, 1.82) is 0 Å². The van der Waals surface area contributed by atoms with Crippen molar-refractivity contribution < 1.29 is 4.79 Å². The molecule has 3 aromatic rings. The molecule has 1 amide bonds. The topological polar surface area (TPSA) is 53.5 Å². The van der Waals surface area contributed by atoms with Crippen molar-refractivity contribution in [2.24, 2.45) is 5.10 Å². The van der Waals surface area contributed by atoms with Crippen molar-refractivity contribution in [3.8, 4) is 0 Å². The summed E-state index contributed by atoms with van der Waals surface area (Å²) in [5.74, 6) is -0.225. The van der Waals surface area contributed by atoms with Crippen LogP contribution in [0.3, 0.4) is 0 Å². The summed E-state index contributed by atoms with van der Waals surface area (Å²) >= 11 is 6.04. The molecule has 0 bridgehead atoms. The van der Waals surface area contributed by atoms with Crippen LogP contribution in [0.1, 0.15) is 12.5 Å². The number of anilines is 1. The lowest BCUT2D eigenvalue weighted by molar-refractivity contribution is -0.121. The number of fused-ring (bicyclic) bond motifs is 1. The summed E-state index contributed by atoms with van der Waals surface area (Å²) in [4.78, 5) is 12.2. The first-order valence-corrected chi connectivity index (χ1v) is 8.34. The van der Waals surface area contributed by atoms with E-state index in [1.807, 2.05) is 54.6 Å². The lowest BCUT2D eigenvalue weighted by Gasteiger charge is -2.14. The molecule has 0 fully saturated rings. The average Bonchev–Trinajstić information content (AvgIpc) is 2.63. The Labute approximate surface area is 151 Å². The average molecular weight is 352 g/mol. The minimum absolute atomic E-state index is 0.225. The molecule has 126 valence electrons. The van der Waals surface area contributed by atoms with E-state index < -0.39 is 6.04 Å². The second kappa shape index (κ2) is 7.81. The number of amides is 1. The number of benzene rings is 3. The highest BCUT2D eigenvalue weighted by Crippen LogP contribution is 2.19. The Balaban J connectivity index is 1.61. The number of carbonyl (C=O) groups excluding carboxylic acids is 1. The van der Waals surface area contributed by atoms with Crippen LogP contribution in [0.25, 0.3) is 10.8 Å². The Hall–Kier alpha value is -2.85. The highest BCUT2D eigenvalue weighted by atomic mass is 35.5. The van der Waals surface area contributed by atoms with Crippen LogP contribution in [0.5, 0.6) is 0 Å². The molecule has 0 saturated carbocycles. The molecule has 1 unspecified atom stereocenters. The zero-order valence-electron chi connectivity index (χ0n) is 13.7. The Morgan fingerprint density at radius 3 is 2.56 bits per heavy atom. The van der Waals surface area contributed by atoms with E-state index in [1.54, 1.807) is 13.0 Å². The fourth-order valence-electron chi connectivity index (χ4n) is 2.44. The van der Waals surface area contributed by atoms with Crippen molar-refractivity contribution in [3.63, 3.8) is 0 Å². The van der Waals surface area contributed by atoms with Gasteiger partial charge in [0.25, 0.3) is 5.91 Å². The number of nitrogens with zero attached hydrogens (tertiary/aromatic N) is 1. The van der Waals surface area contributed by atoms with Gasteiger partial charge in [0.2, 0.25) is 0 Å². The standard InChI is InChI=1S/C20H18ClN3O/c1-14(20(25)24-22-13-17-8-4-5-9-19(17)21)23-18-11-10-15-6-2-3-7-16(15)12-18/h2-14,23H,1H3,(H,24,25)/b22-13+. The van der Waals surface area contributed by atoms with Gasteiger partial charge >= 0.3 is 0 Å². The maximum atomic E-state index is 12.2. The summed E-state index contributed by atoms with van der Waals surface area (Å²) in [5, 5.41) is 10.0. The van der Waals surface area contributed by atoms with E-state index in [2.05, 4.69) is 21.9 Å². The van der Waals surface area contributed by atoms with Crippen LogP contribution in [0.4, 0.5) is 5.69 Å². The van der Waals surface area contributed by atoms with Crippen LogP contribution in [-0.2, 0) is 4.79 Å². The lowest BCUT2D eigenvalue weighted by Crippen LogP contribution is -2.34. The van der Waals surface area contributed by atoms with Crippen LogP contribution in [0, 0.1) is 0 Å². The van der Waals surface area contributed by atoms with Crippen molar-refractivity contribution in [2.75, 3.05) is 5.32 Å². The molecule has 0 saturated heterocycles. The van der Waals surface area contributed by atoms with Crippen molar-refractivity contribution in [3.05, 3.63) is 77.3 Å². The largest absolute Gasteiger partial charge is 0.374 e. The fourth-order valence-corrected chi connectivity index (χ4v) is 2.62. The smallest absolute Gasteiger partial charge is 0.262 e. The van der Waals surface area contributed by atoms with E-state index in [1.165, 1.54) is 6.21 Å². The molecule has 4 nitrogen and oxygen atoms in total. The number of hydrogen-bond donors (Lipinski definition) is 2. The Bertz CT molecular complexity index is 923. The number of halogens is 1. The van der Waals surface area contributed by atoms with Crippen LogP contribution in [-0.4, -0.2) is 18.2 Å².